The minimum atomic E-state index is -0.317. The first kappa shape index (κ1) is 37.9. The number of aryl methyl sites for hydroxylation is 2. The molecule has 0 bridgehead atoms. The van der Waals surface area contributed by atoms with Crippen LogP contribution in [0.2, 0.25) is 0 Å². The first-order valence-electron chi connectivity index (χ1n) is 18.5. The smallest absolute Gasteiger partial charge is 0.338 e. The number of carbonyl (C=O) groups is 2. The first-order valence-corrected chi connectivity index (χ1v) is 18.5. The summed E-state index contributed by atoms with van der Waals surface area (Å²) in [5, 5.41) is 0. The van der Waals surface area contributed by atoms with Gasteiger partial charge in [-0.3, -0.25) is 0 Å². The van der Waals surface area contributed by atoms with E-state index in [2.05, 4.69) is 124 Å². The van der Waals surface area contributed by atoms with Crippen molar-refractivity contribution in [2.75, 3.05) is 0 Å². The monoisotopic (exact) mass is 718 g/mol. The van der Waals surface area contributed by atoms with Gasteiger partial charge in [0, 0.05) is 24.3 Å². The second-order valence-electron chi connectivity index (χ2n) is 15.9. The Morgan fingerprint density at radius 2 is 0.722 bits per heavy atom. The molecule has 0 fully saturated rings. The average Bonchev–Trinajstić information content (AvgIpc) is 3.18. The van der Waals surface area contributed by atoms with Gasteiger partial charge in [0.25, 0.3) is 0 Å². The number of pyridine rings is 2. The number of hydrogen-bond donors (Lipinski definition) is 0. The zero-order valence-electron chi connectivity index (χ0n) is 32.2. The van der Waals surface area contributed by atoms with Crippen molar-refractivity contribution in [3.63, 3.8) is 0 Å². The lowest BCUT2D eigenvalue weighted by atomic mass is 9.87. The Labute approximate surface area is 319 Å². The van der Waals surface area contributed by atoms with Crippen LogP contribution in [0.4, 0.5) is 0 Å². The van der Waals surface area contributed by atoms with Crippen LogP contribution in [0.15, 0.2) is 146 Å². The molecule has 4 aromatic carbocycles. The standard InChI is InChI=1S/C48H50N2O4/c1-47(2,3)43-19-15-41(16-20-43)45(51)53-33-35-7-11-37(12-8-35)39-23-27-49(28-24-39)31-32-50-29-25-40(26-30-50)38-13-9-36(10-14-38)34-54-46(52)42-17-21-44(22-18-42)48(4,5)6/h7-30H,31-34H2,1-6H3/q+2. The summed E-state index contributed by atoms with van der Waals surface area (Å²) in [7, 11) is 0. The van der Waals surface area contributed by atoms with E-state index in [0.29, 0.717) is 11.1 Å². The van der Waals surface area contributed by atoms with Crippen LogP contribution in [0.25, 0.3) is 22.3 Å². The molecule has 0 N–H and O–H groups in total. The van der Waals surface area contributed by atoms with Crippen LogP contribution in [0, 0.1) is 0 Å². The van der Waals surface area contributed by atoms with Gasteiger partial charge in [-0.15, -0.1) is 0 Å². The van der Waals surface area contributed by atoms with Gasteiger partial charge in [0.2, 0.25) is 13.1 Å². The maximum Gasteiger partial charge on any atom is 0.338 e. The van der Waals surface area contributed by atoms with Gasteiger partial charge in [-0.05, 0) is 79.6 Å². The Bertz CT molecular complexity index is 2000. The highest BCUT2D eigenvalue weighted by Crippen LogP contribution is 2.25. The zero-order valence-corrected chi connectivity index (χ0v) is 32.2. The third-order valence-electron chi connectivity index (χ3n) is 9.69. The van der Waals surface area contributed by atoms with Crippen molar-refractivity contribution < 1.29 is 28.2 Å². The molecule has 2 aromatic heterocycles. The van der Waals surface area contributed by atoms with Gasteiger partial charge in [0.15, 0.2) is 24.8 Å². The number of nitrogens with zero attached hydrogens (tertiary/aromatic N) is 2. The second-order valence-corrected chi connectivity index (χ2v) is 15.9. The number of ether oxygens (including phenoxy) is 2. The van der Waals surface area contributed by atoms with Gasteiger partial charge in [0.05, 0.1) is 11.1 Å². The van der Waals surface area contributed by atoms with E-state index in [0.717, 1.165) is 46.5 Å². The maximum atomic E-state index is 12.6. The lowest BCUT2D eigenvalue weighted by molar-refractivity contribution is -0.778. The molecule has 274 valence electrons. The molecule has 6 nitrogen and oxygen atoms in total. The summed E-state index contributed by atoms with van der Waals surface area (Å²) in [5.74, 6) is -0.633. The summed E-state index contributed by atoms with van der Waals surface area (Å²) in [5.41, 5.74) is 9.92. The Kier molecular flexibility index (Phi) is 11.5. The van der Waals surface area contributed by atoms with Crippen LogP contribution < -0.4 is 9.13 Å². The van der Waals surface area contributed by atoms with Crippen molar-refractivity contribution in [1.29, 1.82) is 0 Å². The first-order chi connectivity index (χ1) is 25.8. The summed E-state index contributed by atoms with van der Waals surface area (Å²) in [6.07, 6.45) is 8.41. The van der Waals surface area contributed by atoms with Gasteiger partial charge in [-0.1, -0.05) is 114 Å². The Morgan fingerprint density at radius 1 is 0.426 bits per heavy atom. The van der Waals surface area contributed by atoms with E-state index in [-0.39, 0.29) is 36.0 Å². The normalized spacial score (nSPS) is 11.6. The number of esters is 2. The third-order valence-corrected chi connectivity index (χ3v) is 9.69. The van der Waals surface area contributed by atoms with E-state index >= 15 is 0 Å². The number of rotatable bonds is 11. The molecule has 0 spiro atoms. The van der Waals surface area contributed by atoms with Crippen LogP contribution in [0.3, 0.4) is 0 Å². The predicted molar refractivity (Wildman–Crippen MR) is 213 cm³/mol. The van der Waals surface area contributed by atoms with E-state index in [4.69, 9.17) is 9.47 Å². The minimum absolute atomic E-state index is 0.0384. The predicted octanol–water partition coefficient (Wildman–Crippen LogP) is 9.60. The number of benzene rings is 4. The summed E-state index contributed by atoms with van der Waals surface area (Å²) < 4.78 is 15.5. The molecule has 0 unspecified atom stereocenters. The fraction of sp³-hybridized carbons (Fsp3) is 0.250. The van der Waals surface area contributed by atoms with E-state index in [1.165, 1.54) is 11.1 Å². The molecule has 0 aliphatic carbocycles. The van der Waals surface area contributed by atoms with Crippen molar-refractivity contribution >= 4 is 11.9 Å². The molecule has 0 saturated heterocycles. The summed E-state index contributed by atoms with van der Waals surface area (Å²) in [6, 6.07) is 40.1. The molecule has 0 atom stereocenters. The van der Waals surface area contributed by atoms with Gasteiger partial charge >= 0.3 is 11.9 Å². The molecule has 0 radical (unpaired) electrons. The Hall–Kier alpha value is -5.88. The summed E-state index contributed by atoms with van der Waals surface area (Å²) in [6.45, 7) is 15.0. The maximum absolute atomic E-state index is 12.6. The minimum Gasteiger partial charge on any atom is -0.457 e. The van der Waals surface area contributed by atoms with Gasteiger partial charge in [-0.25, -0.2) is 9.59 Å². The van der Waals surface area contributed by atoms with Crippen molar-refractivity contribution in [1.82, 2.24) is 0 Å². The second kappa shape index (κ2) is 16.4. The summed E-state index contributed by atoms with van der Waals surface area (Å²) in [4.78, 5) is 25.2. The molecular weight excluding hydrogens is 669 g/mol. The Morgan fingerprint density at radius 3 is 1.02 bits per heavy atom. The van der Waals surface area contributed by atoms with Crippen LogP contribution in [-0.4, -0.2) is 11.9 Å². The molecule has 0 amide bonds. The Balaban J connectivity index is 0.946. The van der Waals surface area contributed by atoms with Crippen molar-refractivity contribution in [2.24, 2.45) is 0 Å². The van der Waals surface area contributed by atoms with E-state index < -0.39 is 0 Å². The van der Waals surface area contributed by atoms with Crippen molar-refractivity contribution in [3.05, 3.63) is 179 Å². The lowest BCUT2D eigenvalue weighted by Crippen LogP contribution is -2.43. The molecule has 6 rings (SSSR count). The molecule has 2 heterocycles. The molecular formula is C48H50N2O4+2. The van der Waals surface area contributed by atoms with E-state index in [1.807, 2.05) is 72.8 Å². The molecule has 0 aliphatic heterocycles. The van der Waals surface area contributed by atoms with Crippen molar-refractivity contribution in [3.8, 4) is 22.3 Å². The fourth-order valence-corrected chi connectivity index (χ4v) is 6.09. The highest BCUT2D eigenvalue weighted by molar-refractivity contribution is 5.90. The van der Waals surface area contributed by atoms with Gasteiger partial charge in [-0.2, -0.15) is 9.13 Å². The van der Waals surface area contributed by atoms with Crippen molar-refractivity contribution in [2.45, 2.75) is 78.7 Å². The topological polar surface area (TPSA) is 60.4 Å². The van der Waals surface area contributed by atoms with Crippen LogP contribution in [0.5, 0.6) is 0 Å². The van der Waals surface area contributed by atoms with Gasteiger partial charge in [0.1, 0.15) is 13.2 Å². The highest BCUT2D eigenvalue weighted by atomic mass is 16.5. The largest absolute Gasteiger partial charge is 0.457 e. The molecule has 6 heteroatoms. The highest BCUT2D eigenvalue weighted by Gasteiger charge is 2.17. The fourth-order valence-electron chi connectivity index (χ4n) is 6.09. The molecule has 0 saturated carbocycles. The average molecular weight is 719 g/mol. The molecule has 0 aliphatic rings. The van der Waals surface area contributed by atoms with E-state index in [9.17, 15) is 9.59 Å². The van der Waals surface area contributed by atoms with Gasteiger partial charge < -0.3 is 9.47 Å². The van der Waals surface area contributed by atoms with Crippen LogP contribution in [-0.2, 0) is 46.6 Å². The van der Waals surface area contributed by atoms with Crippen LogP contribution in [0.1, 0.15) is 84.5 Å². The lowest BCUT2D eigenvalue weighted by Gasteiger charge is -2.18. The molecule has 54 heavy (non-hydrogen) atoms. The number of hydrogen-bond acceptors (Lipinski definition) is 4. The number of aromatic nitrogens is 2. The third kappa shape index (κ3) is 9.95. The number of carbonyl (C=O) groups excluding carboxylic acids is 2. The summed E-state index contributed by atoms with van der Waals surface area (Å²) >= 11 is 0. The van der Waals surface area contributed by atoms with Crippen LogP contribution >= 0.6 is 0 Å². The zero-order chi connectivity index (χ0) is 38.3. The SMILES string of the molecule is CC(C)(C)c1ccc(C(=O)OCc2ccc(-c3cc[n+](CC[n+]4ccc(-c5ccc(COC(=O)c6ccc(C(C)(C)C)cc6)cc5)cc4)cc3)cc2)cc1. The molecule has 6 aromatic rings. The van der Waals surface area contributed by atoms with E-state index in [1.54, 1.807) is 0 Å². The quantitative estimate of drug-likeness (QED) is 0.0989.